The Morgan fingerprint density at radius 1 is 1.59 bits per heavy atom. The average Bonchev–Trinajstić information content (AvgIpc) is 2.68. The molecule has 1 heterocycles. The molecule has 0 saturated heterocycles. The molecule has 0 fully saturated rings. The van der Waals surface area contributed by atoms with Crippen LogP contribution in [0.1, 0.15) is 18.7 Å². The smallest absolute Gasteiger partial charge is 0.246 e. The van der Waals surface area contributed by atoms with Crippen molar-refractivity contribution in [3.05, 3.63) is 26.9 Å². The maximum atomic E-state index is 11.9. The number of rotatable bonds is 5. The van der Waals surface area contributed by atoms with E-state index in [4.69, 9.17) is 5.11 Å². The second kappa shape index (κ2) is 6.93. The summed E-state index contributed by atoms with van der Waals surface area (Å²) in [5.41, 5.74) is 0. The van der Waals surface area contributed by atoms with Crippen molar-refractivity contribution < 1.29 is 9.90 Å². The molecule has 1 aromatic rings. The number of aliphatic hydroxyl groups is 1. The summed E-state index contributed by atoms with van der Waals surface area (Å²) in [5, 5.41) is 8.90. The number of thiophene rings is 1. The first-order valence-electron chi connectivity index (χ1n) is 5.39. The monoisotopic (exact) mass is 317 g/mol. The highest BCUT2D eigenvalue weighted by molar-refractivity contribution is 9.11. The van der Waals surface area contributed by atoms with Gasteiger partial charge >= 0.3 is 0 Å². The fourth-order valence-electron chi connectivity index (χ4n) is 1.40. The molecular weight excluding hydrogens is 302 g/mol. The van der Waals surface area contributed by atoms with E-state index >= 15 is 0 Å². The van der Waals surface area contributed by atoms with Crippen molar-refractivity contribution in [1.29, 1.82) is 0 Å². The molecule has 0 spiro atoms. The zero-order valence-electron chi connectivity index (χ0n) is 9.89. The van der Waals surface area contributed by atoms with Gasteiger partial charge in [0.15, 0.2) is 0 Å². The highest BCUT2D eigenvalue weighted by Gasteiger charge is 2.13. The number of hydrogen-bond donors (Lipinski definition) is 1. The second-order valence-electron chi connectivity index (χ2n) is 3.82. The average molecular weight is 318 g/mol. The van der Waals surface area contributed by atoms with Crippen LogP contribution in [0, 0.1) is 0 Å². The van der Waals surface area contributed by atoms with E-state index in [9.17, 15) is 4.79 Å². The van der Waals surface area contributed by atoms with Gasteiger partial charge in [0.1, 0.15) is 0 Å². The normalized spacial score (nSPS) is 11.4. The third kappa shape index (κ3) is 4.61. The molecule has 94 valence electrons. The number of carbonyl (C=O) groups is 1. The summed E-state index contributed by atoms with van der Waals surface area (Å²) >= 11 is 4.95. The van der Waals surface area contributed by atoms with Gasteiger partial charge in [0.05, 0.1) is 10.4 Å². The van der Waals surface area contributed by atoms with Gasteiger partial charge in [-0.05, 0) is 48.0 Å². The molecule has 17 heavy (non-hydrogen) atoms. The Kier molecular flexibility index (Phi) is 5.88. The molecule has 1 amide bonds. The Bertz CT molecular complexity index is 401. The van der Waals surface area contributed by atoms with E-state index in [1.807, 2.05) is 26.0 Å². The highest BCUT2D eigenvalue weighted by atomic mass is 79.9. The molecule has 0 aliphatic carbocycles. The molecule has 0 unspecified atom stereocenters. The zero-order valence-corrected chi connectivity index (χ0v) is 12.3. The van der Waals surface area contributed by atoms with Gasteiger partial charge in [-0.3, -0.25) is 4.79 Å². The van der Waals surface area contributed by atoms with Gasteiger partial charge in [-0.15, -0.1) is 11.3 Å². The summed E-state index contributed by atoms with van der Waals surface area (Å²) in [4.78, 5) is 14.5. The maximum Gasteiger partial charge on any atom is 0.246 e. The molecule has 0 saturated carbocycles. The third-order valence-electron chi connectivity index (χ3n) is 2.23. The van der Waals surface area contributed by atoms with Crippen molar-refractivity contribution in [2.45, 2.75) is 19.9 Å². The largest absolute Gasteiger partial charge is 0.395 e. The number of amides is 1. The Hall–Kier alpha value is -0.650. The molecule has 3 nitrogen and oxygen atoms in total. The number of aliphatic hydroxyl groups excluding tert-OH is 1. The van der Waals surface area contributed by atoms with Crippen LogP contribution in [-0.2, 0) is 4.79 Å². The third-order valence-corrected chi connectivity index (χ3v) is 3.82. The van der Waals surface area contributed by atoms with Gasteiger partial charge in [0.2, 0.25) is 5.91 Å². The van der Waals surface area contributed by atoms with Gasteiger partial charge in [0, 0.05) is 23.5 Å². The summed E-state index contributed by atoms with van der Waals surface area (Å²) in [6, 6.07) is 3.99. The van der Waals surface area contributed by atoms with Gasteiger partial charge in [-0.25, -0.2) is 0 Å². The molecule has 0 aliphatic heterocycles. The van der Waals surface area contributed by atoms with E-state index in [2.05, 4.69) is 15.9 Å². The van der Waals surface area contributed by atoms with Gasteiger partial charge in [-0.1, -0.05) is 0 Å². The van der Waals surface area contributed by atoms with Crippen molar-refractivity contribution in [2.24, 2.45) is 0 Å². The quantitative estimate of drug-likeness (QED) is 0.848. The number of halogens is 1. The predicted molar refractivity (Wildman–Crippen MR) is 75.0 cm³/mol. The van der Waals surface area contributed by atoms with Crippen molar-refractivity contribution in [1.82, 2.24) is 4.90 Å². The first-order valence-corrected chi connectivity index (χ1v) is 7.00. The Balaban J connectivity index is 2.66. The van der Waals surface area contributed by atoms with Crippen molar-refractivity contribution in [3.63, 3.8) is 0 Å². The van der Waals surface area contributed by atoms with E-state index in [0.29, 0.717) is 6.54 Å². The highest BCUT2D eigenvalue weighted by Crippen LogP contribution is 2.23. The molecular formula is C12H16BrNO2S. The van der Waals surface area contributed by atoms with E-state index in [0.717, 1.165) is 8.66 Å². The van der Waals surface area contributed by atoms with Gasteiger partial charge in [0.25, 0.3) is 0 Å². The number of carbonyl (C=O) groups excluding carboxylic acids is 1. The maximum absolute atomic E-state index is 11.9. The fourth-order valence-corrected chi connectivity index (χ4v) is 2.72. The first kappa shape index (κ1) is 14.4. The van der Waals surface area contributed by atoms with Crippen LogP contribution in [0.2, 0.25) is 0 Å². The lowest BCUT2D eigenvalue weighted by Crippen LogP contribution is -2.37. The van der Waals surface area contributed by atoms with Crippen LogP contribution in [0.3, 0.4) is 0 Å². The molecule has 0 atom stereocenters. The topological polar surface area (TPSA) is 40.5 Å². The summed E-state index contributed by atoms with van der Waals surface area (Å²) in [7, 11) is 0. The minimum Gasteiger partial charge on any atom is -0.395 e. The molecule has 0 aromatic carbocycles. The number of nitrogens with zero attached hydrogens (tertiary/aromatic N) is 1. The zero-order chi connectivity index (χ0) is 12.8. The van der Waals surface area contributed by atoms with E-state index in [1.165, 1.54) is 0 Å². The second-order valence-corrected chi connectivity index (χ2v) is 6.32. The molecule has 1 aromatic heterocycles. The van der Waals surface area contributed by atoms with Crippen LogP contribution in [-0.4, -0.2) is 35.1 Å². The minimum atomic E-state index is -0.0708. The molecule has 5 heteroatoms. The molecule has 0 bridgehead atoms. The standard InChI is InChI=1S/C12H16BrNO2S/c1-9(2)14(7-8-15)12(16)6-4-10-3-5-11(13)17-10/h3-6,9,15H,7-8H2,1-2H3/b6-4+. The Morgan fingerprint density at radius 2 is 2.29 bits per heavy atom. The Labute approximate surface area is 114 Å². The summed E-state index contributed by atoms with van der Waals surface area (Å²) in [5.74, 6) is -0.0708. The molecule has 1 rings (SSSR count). The lowest BCUT2D eigenvalue weighted by molar-refractivity contribution is -0.128. The van der Waals surface area contributed by atoms with Gasteiger partial charge in [-0.2, -0.15) is 0 Å². The summed E-state index contributed by atoms with van der Waals surface area (Å²) in [6.45, 7) is 4.23. The van der Waals surface area contributed by atoms with Crippen LogP contribution in [0.4, 0.5) is 0 Å². The van der Waals surface area contributed by atoms with Crippen LogP contribution < -0.4 is 0 Å². The van der Waals surface area contributed by atoms with E-state index in [-0.39, 0.29) is 18.6 Å². The van der Waals surface area contributed by atoms with E-state index < -0.39 is 0 Å². The molecule has 0 radical (unpaired) electrons. The number of hydrogen-bond acceptors (Lipinski definition) is 3. The van der Waals surface area contributed by atoms with Crippen molar-refractivity contribution in [2.75, 3.05) is 13.2 Å². The van der Waals surface area contributed by atoms with Crippen LogP contribution in [0.5, 0.6) is 0 Å². The first-order chi connectivity index (χ1) is 8.04. The summed E-state index contributed by atoms with van der Waals surface area (Å²) < 4.78 is 1.04. The summed E-state index contributed by atoms with van der Waals surface area (Å²) in [6.07, 6.45) is 3.35. The van der Waals surface area contributed by atoms with Crippen molar-refractivity contribution >= 4 is 39.2 Å². The lowest BCUT2D eigenvalue weighted by atomic mass is 10.3. The Morgan fingerprint density at radius 3 is 2.76 bits per heavy atom. The van der Waals surface area contributed by atoms with Crippen molar-refractivity contribution in [3.8, 4) is 0 Å². The molecule has 0 aliphatic rings. The molecule has 1 N–H and O–H groups in total. The van der Waals surface area contributed by atoms with Crippen LogP contribution in [0.15, 0.2) is 22.0 Å². The minimum absolute atomic E-state index is 0.0116. The predicted octanol–water partition coefficient (Wildman–Crippen LogP) is 2.75. The lowest BCUT2D eigenvalue weighted by Gasteiger charge is -2.24. The van der Waals surface area contributed by atoms with Crippen LogP contribution >= 0.6 is 27.3 Å². The van der Waals surface area contributed by atoms with E-state index in [1.54, 1.807) is 28.4 Å². The SMILES string of the molecule is CC(C)N(CCO)C(=O)/C=C/c1ccc(Br)s1. The van der Waals surface area contributed by atoms with Crippen LogP contribution in [0.25, 0.3) is 6.08 Å². The fraction of sp³-hybridized carbons (Fsp3) is 0.417. The van der Waals surface area contributed by atoms with Gasteiger partial charge < -0.3 is 10.0 Å².